The van der Waals surface area contributed by atoms with Crippen molar-refractivity contribution in [2.75, 3.05) is 13.6 Å². The lowest BCUT2D eigenvalue weighted by atomic mass is 10.1. The number of aromatic nitrogens is 1. The fourth-order valence-electron chi connectivity index (χ4n) is 2.71. The summed E-state index contributed by atoms with van der Waals surface area (Å²) in [6.07, 6.45) is 2.52. The van der Waals surface area contributed by atoms with Gasteiger partial charge < -0.3 is 14.6 Å². The van der Waals surface area contributed by atoms with Crippen LogP contribution in [0.15, 0.2) is 30.5 Å². The number of rotatable bonds is 2. The number of para-hydroxylation sites is 1. The van der Waals surface area contributed by atoms with Crippen LogP contribution in [0.25, 0.3) is 10.9 Å². The van der Waals surface area contributed by atoms with Gasteiger partial charge in [0, 0.05) is 25.2 Å². The number of benzene rings is 1. The van der Waals surface area contributed by atoms with Gasteiger partial charge in [0.1, 0.15) is 6.04 Å². The molecule has 0 radical (unpaired) electrons. The predicted molar refractivity (Wildman–Crippen MR) is 70.2 cm³/mol. The molecule has 2 aromatic rings. The number of aromatic carboxylic acids is 1. The molecular formula is C14H14N2O3. The Balaban J connectivity index is 2.20. The second-order valence-corrected chi connectivity index (χ2v) is 4.84. The molecule has 3 rings (SSSR count). The standard InChI is InChI=1S/C14H14N2O3/c1-15-7-6-11(13(15)17)16-8-5-9-3-2-4-10(12(9)16)14(18)19/h2-5,8,11H,6-7H2,1H3,(H,18,19). The summed E-state index contributed by atoms with van der Waals surface area (Å²) in [5.74, 6) is -0.929. The van der Waals surface area contributed by atoms with E-state index in [4.69, 9.17) is 0 Å². The number of carboxylic acid groups (broad SMARTS) is 1. The van der Waals surface area contributed by atoms with Crippen molar-refractivity contribution in [2.24, 2.45) is 0 Å². The van der Waals surface area contributed by atoms with E-state index in [-0.39, 0.29) is 17.5 Å². The third-order valence-corrected chi connectivity index (χ3v) is 3.71. The maximum absolute atomic E-state index is 12.1. The van der Waals surface area contributed by atoms with Gasteiger partial charge >= 0.3 is 5.97 Å². The summed E-state index contributed by atoms with van der Waals surface area (Å²) in [6.45, 7) is 0.707. The second-order valence-electron chi connectivity index (χ2n) is 4.84. The molecule has 1 fully saturated rings. The lowest BCUT2D eigenvalue weighted by molar-refractivity contribution is -0.129. The van der Waals surface area contributed by atoms with Gasteiger partial charge in [-0.25, -0.2) is 4.79 Å². The highest BCUT2D eigenvalue weighted by molar-refractivity contribution is 6.03. The molecule has 1 saturated heterocycles. The van der Waals surface area contributed by atoms with Crippen molar-refractivity contribution in [1.29, 1.82) is 0 Å². The predicted octanol–water partition coefficient (Wildman–Crippen LogP) is 1.74. The Kier molecular flexibility index (Phi) is 2.55. The van der Waals surface area contributed by atoms with Crippen LogP contribution in [0.3, 0.4) is 0 Å². The first-order valence-corrected chi connectivity index (χ1v) is 6.17. The van der Waals surface area contributed by atoms with E-state index in [2.05, 4.69) is 0 Å². The van der Waals surface area contributed by atoms with Gasteiger partial charge in [0.25, 0.3) is 0 Å². The molecule has 2 heterocycles. The molecule has 1 atom stereocenters. The zero-order chi connectivity index (χ0) is 13.6. The molecule has 1 aliphatic rings. The van der Waals surface area contributed by atoms with Crippen LogP contribution in [0.4, 0.5) is 0 Å². The molecule has 19 heavy (non-hydrogen) atoms. The van der Waals surface area contributed by atoms with E-state index in [1.807, 2.05) is 12.1 Å². The SMILES string of the molecule is CN1CCC(n2ccc3cccc(C(=O)O)c32)C1=O. The van der Waals surface area contributed by atoms with Crippen molar-refractivity contribution in [3.63, 3.8) is 0 Å². The molecule has 5 nitrogen and oxygen atoms in total. The van der Waals surface area contributed by atoms with Gasteiger partial charge in [-0.05, 0) is 18.6 Å². The Hall–Kier alpha value is -2.30. The summed E-state index contributed by atoms with van der Waals surface area (Å²) >= 11 is 0. The molecule has 1 N–H and O–H groups in total. The molecule has 0 saturated carbocycles. The second kappa shape index (κ2) is 4.12. The highest BCUT2D eigenvalue weighted by atomic mass is 16.4. The fourth-order valence-corrected chi connectivity index (χ4v) is 2.71. The summed E-state index contributed by atoms with van der Waals surface area (Å²) < 4.78 is 1.80. The Morgan fingerprint density at radius 2 is 2.16 bits per heavy atom. The van der Waals surface area contributed by atoms with Crippen LogP contribution in [0.2, 0.25) is 0 Å². The molecule has 1 aromatic carbocycles. The quantitative estimate of drug-likeness (QED) is 0.892. The van der Waals surface area contributed by atoms with Gasteiger partial charge in [0.2, 0.25) is 5.91 Å². The number of hydrogen-bond acceptors (Lipinski definition) is 2. The first-order chi connectivity index (χ1) is 9.09. The van der Waals surface area contributed by atoms with E-state index in [1.165, 1.54) is 0 Å². The Morgan fingerprint density at radius 1 is 1.37 bits per heavy atom. The summed E-state index contributed by atoms with van der Waals surface area (Å²) in [4.78, 5) is 25.1. The lowest BCUT2D eigenvalue weighted by Crippen LogP contribution is -2.24. The maximum atomic E-state index is 12.1. The molecule has 1 aliphatic heterocycles. The van der Waals surface area contributed by atoms with E-state index in [0.29, 0.717) is 18.5 Å². The monoisotopic (exact) mass is 258 g/mol. The van der Waals surface area contributed by atoms with Crippen molar-refractivity contribution in [3.05, 3.63) is 36.0 Å². The number of carbonyl (C=O) groups is 2. The summed E-state index contributed by atoms with van der Waals surface area (Å²) in [5.41, 5.74) is 0.869. The third-order valence-electron chi connectivity index (χ3n) is 3.71. The summed E-state index contributed by atoms with van der Waals surface area (Å²) in [6, 6.07) is 6.72. The molecule has 5 heteroatoms. The first kappa shape index (κ1) is 11.8. The van der Waals surface area contributed by atoms with E-state index >= 15 is 0 Å². The minimum absolute atomic E-state index is 0.0395. The molecule has 1 unspecified atom stereocenters. The normalized spacial score (nSPS) is 19.3. The van der Waals surface area contributed by atoms with E-state index in [1.54, 1.807) is 34.8 Å². The topological polar surface area (TPSA) is 62.5 Å². The van der Waals surface area contributed by atoms with Gasteiger partial charge in [-0.1, -0.05) is 12.1 Å². The van der Waals surface area contributed by atoms with Gasteiger partial charge in [0.05, 0.1) is 11.1 Å². The molecule has 0 aliphatic carbocycles. The van der Waals surface area contributed by atoms with Crippen molar-refractivity contribution in [2.45, 2.75) is 12.5 Å². The van der Waals surface area contributed by atoms with Crippen LogP contribution in [0.1, 0.15) is 22.8 Å². The third kappa shape index (κ3) is 1.69. The summed E-state index contributed by atoms with van der Waals surface area (Å²) in [5, 5.41) is 10.1. The van der Waals surface area contributed by atoms with Gasteiger partial charge in [-0.2, -0.15) is 0 Å². The highest BCUT2D eigenvalue weighted by Gasteiger charge is 2.31. The minimum Gasteiger partial charge on any atom is -0.478 e. The van der Waals surface area contributed by atoms with Crippen molar-refractivity contribution >= 4 is 22.8 Å². The molecule has 98 valence electrons. The number of carboxylic acids is 1. The maximum Gasteiger partial charge on any atom is 0.337 e. The minimum atomic E-state index is -0.968. The van der Waals surface area contributed by atoms with Crippen LogP contribution in [-0.2, 0) is 4.79 Å². The number of carbonyl (C=O) groups excluding carboxylic acids is 1. The average Bonchev–Trinajstić information content (AvgIpc) is 2.94. The van der Waals surface area contributed by atoms with Crippen molar-refractivity contribution < 1.29 is 14.7 Å². The number of likely N-dealkylation sites (tertiary alicyclic amines) is 1. The highest BCUT2D eigenvalue weighted by Crippen LogP contribution is 2.29. The van der Waals surface area contributed by atoms with Crippen molar-refractivity contribution in [1.82, 2.24) is 9.47 Å². The Morgan fingerprint density at radius 3 is 2.79 bits per heavy atom. The molecule has 0 bridgehead atoms. The van der Waals surface area contributed by atoms with E-state index < -0.39 is 5.97 Å². The number of nitrogens with zero attached hydrogens (tertiary/aromatic N) is 2. The Bertz CT molecular complexity index is 674. The van der Waals surface area contributed by atoms with Crippen molar-refractivity contribution in [3.8, 4) is 0 Å². The number of fused-ring (bicyclic) bond motifs is 1. The average molecular weight is 258 g/mol. The van der Waals surface area contributed by atoms with Crippen LogP contribution in [0.5, 0.6) is 0 Å². The van der Waals surface area contributed by atoms with Gasteiger partial charge in [0.15, 0.2) is 0 Å². The lowest BCUT2D eigenvalue weighted by Gasteiger charge is -2.14. The zero-order valence-electron chi connectivity index (χ0n) is 10.5. The van der Waals surface area contributed by atoms with Crippen LogP contribution in [-0.4, -0.2) is 40.0 Å². The number of amides is 1. The number of likely N-dealkylation sites (N-methyl/N-ethyl adjacent to an activating group) is 1. The zero-order valence-corrected chi connectivity index (χ0v) is 10.5. The Labute approximate surface area is 110 Å². The first-order valence-electron chi connectivity index (χ1n) is 6.17. The summed E-state index contributed by atoms with van der Waals surface area (Å²) in [7, 11) is 1.77. The molecular weight excluding hydrogens is 244 g/mol. The molecule has 0 spiro atoms. The van der Waals surface area contributed by atoms with E-state index in [9.17, 15) is 14.7 Å². The van der Waals surface area contributed by atoms with E-state index in [0.717, 1.165) is 5.39 Å². The molecule has 1 aromatic heterocycles. The van der Waals surface area contributed by atoms with Gasteiger partial charge in [-0.15, -0.1) is 0 Å². The van der Waals surface area contributed by atoms with Gasteiger partial charge in [-0.3, -0.25) is 4.79 Å². The van der Waals surface area contributed by atoms with Crippen LogP contribution < -0.4 is 0 Å². The smallest absolute Gasteiger partial charge is 0.337 e. The fraction of sp³-hybridized carbons (Fsp3) is 0.286. The number of hydrogen-bond donors (Lipinski definition) is 1. The largest absolute Gasteiger partial charge is 0.478 e. The van der Waals surface area contributed by atoms with Crippen LogP contribution >= 0.6 is 0 Å². The molecule has 1 amide bonds. The van der Waals surface area contributed by atoms with Crippen LogP contribution in [0, 0.1) is 0 Å².